The molecule has 0 aromatic carbocycles. The molecule has 2 amide bonds. The highest BCUT2D eigenvalue weighted by atomic mass is 16.5. The molecule has 3 aliphatic heterocycles. The Hall–Kier alpha value is -2.26. The van der Waals surface area contributed by atoms with Crippen molar-refractivity contribution in [2.75, 3.05) is 70.5 Å². The monoisotopic (exact) mass is 388 g/mol. The Balaban J connectivity index is 1.30. The van der Waals surface area contributed by atoms with Crippen molar-refractivity contribution in [2.24, 2.45) is 11.8 Å². The van der Waals surface area contributed by atoms with Crippen LogP contribution in [0.1, 0.15) is 6.42 Å². The van der Waals surface area contributed by atoms with E-state index in [9.17, 15) is 9.59 Å². The van der Waals surface area contributed by atoms with E-state index in [-0.39, 0.29) is 23.7 Å². The topological polar surface area (TPSA) is 90.9 Å². The highest BCUT2D eigenvalue weighted by molar-refractivity contribution is 5.83. The molecule has 1 aromatic heterocycles. The number of nitrogens with one attached hydrogen (secondary N) is 1. The zero-order valence-electron chi connectivity index (χ0n) is 16.1. The molecule has 0 spiro atoms. The number of aromatic nitrogens is 2. The molecular formula is C19H28N6O3. The lowest BCUT2D eigenvalue weighted by molar-refractivity contribution is -0.143. The molecule has 9 nitrogen and oxygen atoms in total. The van der Waals surface area contributed by atoms with E-state index in [0.717, 1.165) is 18.9 Å². The fourth-order valence-electron chi connectivity index (χ4n) is 4.23. The van der Waals surface area contributed by atoms with Crippen molar-refractivity contribution >= 4 is 17.6 Å². The summed E-state index contributed by atoms with van der Waals surface area (Å²) in [6.45, 7) is 6.66. The summed E-state index contributed by atoms with van der Waals surface area (Å²) >= 11 is 0. The van der Waals surface area contributed by atoms with Crippen LogP contribution in [-0.2, 0) is 14.3 Å². The van der Waals surface area contributed by atoms with Crippen LogP contribution in [0.2, 0.25) is 0 Å². The zero-order chi connectivity index (χ0) is 19.3. The maximum absolute atomic E-state index is 13.0. The summed E-state index contributed by atoms with van der Waals surface area (Å²) in [5.74, 6) is 0.908. The first-order valence-electron chi connectivity index (χ1n) is 10.1. The molecule has 0 saturated carbocycles. The smallest absolute Gasteiger partial charge is 0.227 e. The SMILES string of the molecule is O=C([C@@H]1CNC[C@H](C(=O)N2CCN(c3cnccn3)CC2)C1)N1CCOCC1. The highest BCUT2D eigenvalue weighted by Crippen LogP contribution is 2.22. The van der Waals surface area contributed by atoms with Crippen molar-refractivity contribution in [1.29, 1.82) is 0 Å². The van der Waals surface area contributed by atoms with Gasteiger partial charge in [-0.2, -0.15) is 0 Å². The second kappa shape index (κ2) is 8.83. The predicted molar refractivity (Wildman–Crippen MR) is 103 cm³/mol. The molecule has 28 heavy (non-hydrogen) atoms. The number of carbonyl (C=O) groups excluding carboxylic acids is 2. The van der Waals surface area contributed by atoms with Gasteiger partial charge in [-0.1, -0.05) is 0 Å². The Bertz CT molecular complexity index is 674. The summed E-state index contributed by atoms with van der Waals surface area (Å²) in [5.41, 5.74) is 0. The number of anilines is 1. The van der Waals surface area contributed by atoms with Crippen molar-refractivity contribution in [3.05, 3.63) is 18.6 Å². The van der Waals surface area contributed by atoms with Crippen LogP contribution >= 0.6 is 0 Å². The number of piperidine rings is 1. The van der Waals surface area contributed by atoms with E-state index in [1.165, 1.54) is 0 Å². The van der Waals surface area contributed by atoms with E-state index in [1.54, 1.807) is 18.6 Å². The lowest BCUT2D eigenvalue weighted by Crippen LogP contribution is -2.55. The largest absolute Gasteiger partial charge is 0.378 e. The van der Waals surface area contributed by atoms with Crippen LogP contribution in [0.3, 0.4) is 0 Å². The minimum absolute atomic E-state index is 0.123. The fourth-order valence-corrected chi connectivity index (χ4v) is 4.23. The van der Waals surface area contributed by atoms with Crippen LogP contribution < -0.4 is 10.2 Å². The number of ether oxygens (including phenoxy) is 1. The Morgan fingerprint density at radius 1 is 0.929 bits per heavy atom. The van der Waals surface area contributed by atoms with E-state index in [4.69, 9.17) is 4.74 Å². The number of hydrogen-bond acceptors (Lipinski definition) is 7. The molecule has 152 valence electrons. The first-order valence-corrected chi connectivity index (χ1v) is 10.1. The number of morpholine rings is 1. The normalized spacial score (nSPS) is 26.2. The number of amides is 2. The van der Waals surface area contributed by atoms with Crippen molar-refractivity contribution in [3.63, 3.8) is 0 Å². The molecule has 3 saturated heterocycles. The van der Waals surface area contributed by atoms with Gasteiger partial charge < -0.3 is 24.8 Å². The number of nitrogens with zero attached hydrogens (tertiary/aromatic N) is 5. The predicted octanol–water partition coefficient (Wildman–Crippen LogP) is -0.790. The van der Waals surface area contributed by atoms with Crippen LogP contribution in [0.4, 0.5) is 5.82 Å². The first-order chi connectivity index (χ1) is 13.7. The van der Waals surface area contributed by atoms with E-state index in [2.05, 4.69) is 20.2 Å². The van der Waals surface area contributed by atoms with Gasteiger partial charge in [0.1, 0.15) is 5.82 Å². The first kappa shape index (κ1) is 19.1. The number of piperazine rings is 1. The molecule has 1 aromatic rings. The Morgan fingerprint density at radius 2 is 1.57 bits per heavy atom. The zero-order valence-corrected chi connectivity index (χ0v) is 16.1. The summed E-state index contributed by atoms with van der Waals surface area (Å²) in [7, 11) is 0. The van der Waals surface area contributed by atoms with E-state index < -0.39 is 0 Å². The number of rotatable bonds is 3. The molecular weight excluding hydrogens is 360 g/mol. The van der Waals surface area contributed by atoms with Crippen molar-refractivity contribution in [2.45, 2.75) is 6.42 Å². The number of hydrogen-bond donors (Lipinski definition) is 1. The van der Waals surface area contributed by atoms with Gasteiger partial charge in [0.15, 0.2) is 0 Å². The van der Waals surface area contributed by atoms with Crippen LogP contribution in [-0.4, -0.2) is 97.2 Å². The maximum atomic E-state index is 13.0. The standard InChI is InChI=1S/C19H28N6O3/c26-18(24-5-3-23(4-6-24)17-14-20-1-2-22-17)15-11-16(13-21-12-15)19(27)25-7-9-28-10-8-25/h1-2,14-16,21H,3-13H2/t15-,16+/m1/s1. The average molecular weight is 388 g/mol. The van der Waals surface area contributed by atoms with Gasteiger partial charge in [-0.25, -0.2) is 4.98 Å². The van der Waals surface area contributed by atoms with Gasteiger partial charge in [-0.05, 0) is 6.42 Å². The lowest BCUT2D eigenvalue weighted by Gasteiger charge is -2.39. The summed E-state index contributed by atoms with van der Waals surface area (Å²) in [6, 6.07) is 0. The quantitative estimate of drug-likeness (QED) is 0.726. The minimum atomic E-state index is -0.133. The summed E-state index contributed by atoms with van der Waals surface area (Å²) < 4.78 is 5.33. The van der Waals surface area contributed by atoms with Gasteiger partial charge in [-0.15, -0.1) is 0 Å². The number of carbonyl (C=O) groups is 2. The van der Waals surface area contributed by atoms with Crippen LogP contribution in [0.25, 0.3) is 0 Å². The molecule has 0 unspecified atom stereocenters. The van der Waals surface area contributed by atoms with Crippen molar-refractivity contribution < 1.29 is 14.3 Å². The molecule has 4 heterocycles. The Kier molecular flexibility index (Phi) is 6.01. The van der Waals surface area contributed by atoms with Gasteiger partial charge in [0.2, 0.25) is 11.8 Å². The van der Waals surface area contributed by atoms with Crippen LogP contribution in [0.15, 0.2) is 18.6 Å². The lowest BCUT2D eigenvalue weighted by atomic mass is 9.88. The molecule has 4 rings (SSSR count). The third kappa shape index (κ3) is 4.25. The molecule has 0 radical (unpaired) electrons. The molecule has 3 fully saturated rings. The second-order valence-corrected chi connectivity index (χ2v) is 7.60. The Labute approximate surface area is 165 Å². The third-order valence-electron chi connectivity index (χ3n) is 5.84. The van der Waals surface area contributed by atoms with Gasteiger partial charge in [0, 0.05) is 64.8 Å². The second-order valence-electron chi connectivity index (χ2n) is 7.60. The van der Waals surface area contributed by atoms with Gasteiger partial charge in [0.25, 0.3) is 0 Å². The molecule has 9 heteroatoms. The highest BCUT2D eigenvalue weighted by Gasteiger charge is 2.36. The van der Waals surface area contributed by atoms with Gasteiger partial charge >= 0.3 is 0 Å². The molecule has 1 N–H and O–H groups in total. The average Bonchev–Trinajstić information content (AvgIpc) is 2.79. The van der Waals surface area contributed by atoms with Crippen molar-refractivity contribution in [3.8, 4) is 0 Å². The van der Waals surface area contributed by atoms with Gasteiger partial charge in [-0.3, -0.25) is 14.6 Å². The molecule has 2 atom stereocenters. The Morgan fingerprint density at radius 3 is 2.18 bits per heavy atom. The minimum Gasteiger partial charge on any atom is -0.378 e. The summed E-state index contributed by atoms with van der Waals surface area (Å²) in [6.07, 6.45) is 5.73. The third-order valence-corrected chi connectivity index (χ3v) is 5.84. The van der Waals surface area contributed by atoms with Crippen LogP contribution in [0.5, 0.6) is 0 Å². The molecule has 0 bridgehead atoms. The van der Waals surface area contributed by atoms with E-state index in [1.807, 2.05) is 9.80 Å². The molecule has 0 aliphatic carbocycles. The van der Waals surface area contributed by atoms with E-state index in [0.29, 0.717) is 58.9 Å². The maximum Gasteiger partial charge on any atom is 0.227 e. The van der Waals surface area contributed by atoms with E-state index >= 15 is 0 Å². The van der Waals surface area contributed by atoms with Gasteiger partial charge in [0.05, 0.1) is 31.2 Å². The summed E-state index contributed by atoms with van der Waals surface area (Å²) in [4.78, 5) is 40.2. The van der Waals surface area contributed by atoms with Crippen molar-refractivity contribution in [1.82, 2.24) is 25.1 Å². The fraction of sp³-hybridized carbons (Fsp3) is 0.684. The summed E-state index contributed by atoms with van der Waals surface area (Å²) in [5, 5.41) is 3.30. The molecule has 3 aliphatic rings. The van der Waals surface area contributed by atoms with Crippen LogP contribution in [0, 0.1) is 11.8 Å².